The topological polar surface area (TPSA) is 88.6 Å². The molecule has 0 unspecified atom stereocenters. The van der Waals surface area contributed by atoms with Gasteiger partial charge in [0.15, 0.2) is 0 Å². The lowest BCUT2D eigenvalue weighted by Crippen LogP contribution is -2.48. The number of methoxy groups -OCH3 is 1. The van der Waals surface area contributed by atoms with Crippen LogP contribution in [0.1, 0.15) is 12.0 Å². The van der Waals surface area contributed by atoms with Gasteiger partial charge in [0.05, 0.1) is 12.3 Å². The van der Waals surface area contributed by atoms with Gasteiger partial charge < -0.3 is 9.64 Å². The standard InChI is InChI=1S/C14H21N3O4S/c1-21-10-14(18)17-8-5-12(16-22(2,19)20)13(17)9-11-3-6-15-7-4-11/h3-4,6-7,12-13,16H,5,8-10H2,1-2H3/t12-,13+/m1/s1. The summed E-state index contributed by atoms with van der Waals surface area (Å²) >= 11 is 0. The smallest absolute Gasteiger partial charge is 0.248 e. The third-order valence-electron chi connectivity index (χ3n) is 3.69. The van der Waals surface area contributed by atoms with Gasteiger partial charge in [-0.1, -0.05) is 0 Å². The molecule has 7 nitrogen and oxygen atoms in total. The summed E-state index contributed by atoms with van der Waals surface area (Å²) in [6.45, 7) is 0.517. The monoisotopic (exact) mass is 327 g/mol. The van der Waals surface area contributed by atoms with Crippen molar-refractivity contribution >= 4 is 15.9 Å². The number of likely N-dealkylation sites (tertiary alicyclic amines) is 1. The van der Waals surface area contributed by atoms with Gasteiger partial charge in [-0.25, -0.2) is 13.1 Å². The Bertz CT molecular complexity index is 606. The van der Waals surface area contributed by atoms with Gasteiger partial charge in [0.25, 0.3) is 0 Å². The summed E-state index contributed by atoms with van der Waals surface area (Å²) < 4.78 is 30.6. The second-order valence-electron chi connectivity index (χ2n) is 5.43. The van der Waals surface area contributed by atoms with Crippen molar-refractivity contribution in [1.29, 1.82) is 0 Å². The first kappa shape index (κ1) is 16.9. The third-order valence-corrected chi connectivity index (χ3v) is 4.42. The molecule has 0 spiro atoms. The molecule has 1 aliphatic rings. The van der Waals surface area contributed by atoms with Crippen molar-refractivity contribution in [3.05, 3.63) is 30.1 Å². The van der Waals surface area contributed by atoms with Crippen molar-refractivity contribution in [1.82, 2.24) is 14.6 Å². The second kappa shape index (κ2) is 7.17. The highest BCUT2D eigenvalue weighted by Crippen LogP contribution is 2.22. The van der Waals surface area contributed by atoms with E-state index in [1.807, 2.05) is 12.1 Å². The van der Waals surface area contributed by atoms with Crippen LogP contribution in [0.15, 0.2) is 24.5 Å². The number of rotatable bonds is 6. The zero-order valence-corrected chi connectivity index (χ0v) is 13.5. The maximum atomic E-state index is 12.2. The van der Waals surface area contributed by atoms with E-state index in [1.54, 1.807) is 17.3 Å². The van der Waals surface area contributed by atoms with Crippen LogP contribution in [0.5, 0.6) is 0 Å². The van der Waals surface area contributed by atoms with Crippen LogP contribution in [0.25, 0.3) is 0 Å². The molecule has 1 N–H and O–H groups in total. The summed E-state index contributed by atoms with van der Waals surface area (Å²) in [5.41, 5.74) is 1.01. The zero-order chi connectivity index (χ0) is 16.2. The lowest BCUT2D eigenvalue weighted by atomic mass is 10.0. The number of nitrogens with one attached hydrogen (secondary N) is 1. The van der Waals surface area contributed by atoms with E-state index < -0.39 is 10.0 Å². The van der Waals surface area contributed by atoms with E-state index in [0.29, 0.717) is 19.4 Å². The van der Waals surface area contributed by atoms with Crippen LogP contribution >= 0.6 is 0 Å². The number of carbonyl (C=O) groups is 1. The molecule has 2 heterocycles. The number of pyridine rings is 1. The van der Waals surface area contributed by atoms with Crippen LogP contribution in [-0.4, -0.2) is 62.8 Å². The molecular weight excluding hydrogens is 306 g/mol. The summed E-state index contributed by atoms with van der Waals surface area (Å²) in [5.74, 6) is -0.126. The highest BCUT2D eigenvalue weighted by molar-refractivity contribution is 7.88. The number of hydrogen-bond donors (Lipinski definition) is 1. The van der Waals surface area contributed by atoms with Gasteiger partial charge in [-0.15, -0.1) is 0 Å². The molecule has 1 saturated heterocycles. The minimum Gasteiger partial charge on any atom is -0.375 e. The Morgan fingerprint density at radius 3 is 2.73 bits per heavy atom. The summed E-state index contributed by atoms with van der Waals surface area (Å²) in [6.07, 6.45) is 5.68. The van der Waals surface area contributed by atoms with E-state index in [9.17, 15) is 13.2 Å². The van der Waals surface area contributed by atoms with Crippen molar-refractivity contribution in [2.45, 2.75) is 24.9 Å². The Hall–Kier alpha value is -1.51. The molecule has 1 aromatic heterocycles. The molecule has 2 rings (SSSR count). The van der Waals surface area contributed by atoms with Crippen molar-refractivity contribution in [2.75, 3.05) is 26.5 Å². The highest BCUT2D eigenvalue weighted by Gasteiger charge is 2.38. The van der Waals surface area contributed by atoms with Crippen molar-refractivity contribution in [2.24, 2.45) is 0 Å². The van der Waals surface area contributed by atoms with Gasteiger partial charge in [0, 0.05) is 32.1 Å². The molecule has 0 aromatic carbocycles. The molecule has 1 fully saturated rings. The quantitative estimate of drug-likeness (QED) is 0.781. The molecule has 1 amide bonds. The fourth-order valence-corrected chi connectivity index (χ4v) is 3.62. The number of aromatic nitrogens is 1. The Kier molecular flexibility index (Phi) is 5.49. The molecule has 122 valence electrons. The second-order valence-corrected chi connectivity index (χ2v) is 7.21. The predicted molar refractivity (Wildman–Crippen MR) is 81.7 cm³/mol. The van der Waals surface area contributed by atoms with E-state index in [0.717, 1.165) is 11.8 Å². The van der Waals surface area contributed by atoms with E-state index in [2.05, 4.69) is 9.71 Å². The van der Waals surface area contributed by atoms with Gasteiger partial charge in [-0.05, 0) is 30.5 Å². The van der Waals surface area contributed by atoms with Crippen LogP contribution in [0.3, 0.4) is 0 Å². The van der Waals surface area contributed by atoms with Gasteiger partial charge in [0.2, 0.25) is 15.9 Å². The Labute approximate surface area is 130 Å². The molecule has 22 heavy (non-hydrogen) atoms. The fourth-order valence-electron chi connectivity index (χ4n) is 2.79. The summed E-state index contributed by atoms with van der Waals surface area (Å²) in [4.78, 5) is 17.8. The molecule has 8 heteroatoms. The molecule has 0 bridgehead atoms. The minimum absolute atomic E-state index is 0.00155. The number of carbonyl (C=O) groups excluding carboxylic acids is 1. The van der Waals surface area contributed by atoms with Crippen LogP contribution in [-0.2, 0) is 26.0 Å². The van der Waals surface area contributed by atoms with Gasteiger partial charge in [0.1, 0.15) is 6.61 Å². The van der Waals surface area contributed by atoms with Gasteiger partial charge in [-0.3, -0.25) is 9.78 Å². The number of hydrogen-bond acceptors (Lipinski definition) is 5. The molecule has 2 atom stereocenters. The van der Waals surface area contributed by atoms with Crippen molar-refractivity contribution < 1.29 is 17.9 Å². The van der Waals surface area contributed by atoms with Crippen LogP contribution in [0.4, 0.5) is 0 Å². The van der Waals surface area contributed by atoms with Crippen LogP contribution < -0.4 is 4.72 Å². The molecule has 0 saturated carbocycles. The summed E-state index contributed by atoms with van der Waals surface area (Å²) in [5, 5.41) is 0. The zero-order valence-electron chi connectivity index (χ0n) is 12.7. The Balaban J connectivity index is 2.19. The van der Waals surface area contributed by atoms with Crippen LogP contribution in [0.2, 0.25) is 0 Å². The first-order valence-electron chi connectivity index (χ1n) is 7.05. The number of amides is 1. The normalized spacial score (nSPS) is 22.0. The number of ether oxygens (including phenoxy) is 1. The van der Waals surface area contributed by atoms with Crippen molar-refractivity contribution in [3.63, 3.8) is 0 Å². The van der Waals surface area contributed by atoms with E-state index in [4.69, 9.17) is 4.74 Å². The first-order chi connectivity index (χ1) is 10.4. The Morgan fingerprint density at radius 2 is 2.14 bits per heavy atom. The highest BCUT2D eigenvalue weighted by atomic mass is 32.2. The average Bonchev–Trinajstić information content (AvgIpc) is 2.81. The molecule has 1 aliphatic heterocycles. The number of sulfonamides is 1. The van der Waals surface area contributed by atoms with Crippen LogP contribution in [0, 0.1) is 0 Å². The first-order valence-corrected chi connectivity index (χ1v) is 8.94. The summed E-state index contributed by atoms with van der Waals surface area (Å²) in [6, 6.07) is 3.23. The lowest BCUT2D eigenvalue weighted by molar-refractivity contribution is -0.136. The fraction of sp³-hybridized carbons (Fsp3) is 0.571. The SMILES string of the molecule is COCC(=O)N1CC[C@@H](NS(C)(=O)=O)[C@@H]1Cc1ccncc1. The van der Waals surface area contributed by atoms with E-state index in [-0.39, 0.29) is 24.6 Å². The third kappa shape index (κ3) is 4.49. The maximum Gasteiger partial charge on any atom is 0.248 e. The molecular formula is C14H21N3O4S. The maximum absolute atomic E-state index is 12.2. The van der Waals surface area contributed by atoms with Crippen molar-refractivity contribution in [3.8, 4) is 0 Å². The predicted octanol–water partition coefficient (Wildman–Crippen LogP) is -0.211. The minimum atomic E-state index is -3.33. The Morgan fingerprint density at radius 1 is 1.45 bits per heavy atom. The molecule has 0 aliphatic carbocycles. The largest absolute Gasteiger partial charge is 0.375 e. The van der Waals surface area contributed by atoms with Gasteiger partial charge in [-0.2, -0.15) is 0 Å². The lowest BCUT2D eigenvalue weighted by Gasteiger charge is -2.28. The van der Waals surface area contributed by atoms with E-state index >= 15 is 0 Å². The summed E-state index contributed by atoms with van der Waals surface area (Å²) in [7, 11) is -1.86. The number of nitrogens with zero attached hydrogens (tertiary/aromatic N) is 2. The molecule has 0 radical (unpaired) electrons. The van der Waals surface area contributed by atoms with E-state index in [1.165, 1.54) is 7.11 Å². The molecule has 1 aromatic rings. The van der Waals surface area contributed by atoms with Gasteiger partial charge >= 0.3 is 0 Å². The average molecular weight is 327 g/mol.